The summed E-state index contributed by atoms with van der Waals surface area (Å²) in [6.45, 7) is 2.18. The van der Waals surface area contributed by atoms with Crippen molar-refractivity contribution < 1.29 is 4.79 Å². The number of pyridine rings is 1. The summed E-state index contributed by atoms with van der Waals surface area (Å²) in [6, 6.07) is 7.78. The second-order valence-corrected chi connectivity index (χ2v) is 6.53. The number of anilines is 1. The quantitative estimate of drug-likeness (QED) is 0.734. The van der Waals surface area contributed by atoms with Crippen molar-refractivity contribution in [3.63, 3.8) is 0 Å². The minimum absolute atomic E-state index is 0.175. The third kappa shape index (κ3) is 4.64. The summed E-state index contributed by atoms with van der Waals surface area (Å²) in [5.41, 5.74) is 2.55. The van der Waals surface area contributed by atoms with Crippen molar-refractivity contribution in [3.8, 4) is 0 Å². The number of unbranched alkanes of at least 4 members (excludes halogenated alkanes) is 1. The molecule has 1 amide bonds. The van der Waals surface area contributed by atoms with Gasteiger partial charge in [0.1, 0.15) is 0 Å². The molecule has 0 bridgehead atoms. The van der Waals surface area contributed by atoms with Gasteiger partial charge in [-0.25, -0.2) is 0 Å². The van der Waals surface area contributed by atoms with E-state index in [0.717, 1.165) is 21.1 Å². The van der Waals surface area contributed by atoms with Gasteiger partial charge in [-0.3, -0.25) is 9.78 Å². The summed E-state index contributed by atoms with van der Waals surface area (Å²) < 4.78 is 1.68. The molecular formula is C16H16Br2N2O. The van der Waals surface area contributed by atoms with Gasteiger partial charge in [-0.15, -0.1) is 0 Å². The Morgan fingerprint density at radius 3 is 2.71 bits per heavy atom. The van der Waals surface area contributed by atoms with Crippen LogP contribution in [-0.4, -0.2) is 10.9 Å². The van der Waals surface area contributed by atoms with Gasteiger partial charge in [0, 0.05) is 21.3 Å². The highest BCUT2D eigenvalue weighted by molar-refractivity contribution is 9.10. The average molecular weight is 412 g/mol. The van der Waals surface area contributed by atoms with E-state index in [0.29, 0.717) is 5.56 Å². The number of aromatic nitrogens is 1. The van der Waals surface area contributed by atoms with Crippen LogP contribution in [0.2, 0.25) is 0 Å². The highest BCUT2D eigenvalue weighted by Gasteiger charge is 2.09. The molecule has 0 atom stereocenters. The van der Waals surface area contributed by atoms with Crippen molar-refractivity contribution in [2.75, 3.05) is 5.32 Å². The van der Waals surface area contributed by atoms with Gasteiger partial charge in [-0.2, -0.15) is 0 Å². The number of hydrogen-bond donors (Lipinski definition) is 1. The first-order valence-electron chi connectivity index (χ1n) is 6.80. The normalized spacial score (nSPS) is 10.4. The van der Waals surface area contributed by atoms with Gasteiger partial charge in [-0.05, 0) is 68.5 Å². The molecule has 0 aliphatic carbocycles. The second kappa shape index (κ2) is 7.71. The van der Waals surface area contributed by atoms with Crippen LogP contribution in [0, 0.1) is 0 Å². The summed E-state index contributed by atoms with van der Waals surface area (Å²) in [6.07, 6.45) is 6.59. The molecule has 2 aromatic rings. The van der Waals surface area contributed by atoms with Gasteiger partial charge in [0.05, 0.1) is 11.3 Å². The summed E-state index contributed by atoms with van der Waals surface area (Å²) >= 11 is 6.83. The Labute approximate surface area is 141 Å². The zero-order valence-corrected chi connectivity index (χ0v) is 14.9. The monoisotopic (exact) mass is 410 g/mol. The zero-order valence-electron chi connectivity index (χ0n) is 11.7. The molecule has 5 heteroatoms. The predicted molar refractivity (Wildman–Crippen MR) is 92.6 cm³/mol. The van der Waals surface area contributed by atoms with E-state index in [1.165, 1.54) is 18.4 Å². The van der Waals surface area contributed by atoms with Crippen LogP contribution in [0.25, 0.3) is 0 Å². The van der Waals surface area contributed by atoms with Crippen molar-refractivity contribution in [2.24, 2.45) is 0 Å². The Morgan fingerprint density at radius 2 is 2.05 bits per heavy atom. The van der Waals surface area contributed by atoms with E-state index in [2.05, 4.69) is 61.2 Å². The fraction of sp³-hybridized carbons (Fsp3) is 0.250. The van der Waals surface area contributed by atoms with Crippen LogP contribution in [0.1, 0.15) is 35.7 Å². The van der Waals surface area contributed by atoms with Crippen LogP contribution >= 0.6 is 31.9 Å². The topological polar surface area (TPSA) is 42.0 Å². The zero-order chi connectivity index (χ0) is 15.2. The van der Waals surface area contributed by atoms with Crippen molar-refractivity contribution >= 4 is 43.5 Å². The Hall–Kier alpha value is -1.20. The maximum Gasteiger partial charge on any atom is 0.257 e. The molecule has 0 aliphatic rings. The van der Waals surface area contributed by atoms with Gasteiger partial charge in [-0.1, -0.05) is 19.4 Å². The second-order valence-electron chi connectivity index (χ2n) is 4.76. The molecule has 3 nitrogen and oxygen atoms in total. The maximum atomic E-state index is 12.2. The minimum Gasteiger partial charge on any atom is -0.321 e. The van der Waals surface area contributed by atoms with Crippen LogP contribution in [-0.2, 0) is 6.42 Å². The third-order valence-corrected chi connectivity index (χ3v) is 4.16. The lowest BCUT2D eigenvalue weighted by Gasteiger charge is -2.09. The number of amides is 1. The van der Waals surface area contributed by atoms with Crippen molar-refractivity contribution in [1.82, 2.24) is 4.98 Å². The smallest absolute Gasteiger partial charge is 0.257 e. The molecule has 110 valence electrons. The van der Waals surface area contributed by atoms with E-state index in [4.69, 9.17) is 0 Å². The van der Waals surface area contributed by atoms with E-state index >= 15 is 0 Å². The van der Waals surface area contributed by atoms with Crippen LogP contribution in [0.3, 0.4) is 0 Å². The lowest BCUT2D eigenvalue weighted by Crippen LogP contribution is -2.12. The lowest BCUT2D eigenvalue weighted by molar-refractivity contribution is 0.102. The average Bonchev–Trinajstić information content (AvgIpc) is 2.47. The molecule has 21 heavy (non-hydrogen) atoms. The van der Waals surface area contributed by atoms with E-state index < -0.39 is 0 Å². The summed E-state index contributed by atoms with van der Waals surface area (Å²) in [4.78, 5) is 16.2. The van der Waals surface area contributed by atoms with E-state index in [1.807, 2.05) is 6.07 Å². The molecule has 0 fully saturated rings. The van der Waals surface area contributed by atoms with E-state index in [-0.39, 0.29) is 5.91 Å². The van der Waals surface area contributed by atoms with E-state index in [9.17, 15) is 4.79 Å². The van der Waals surface area contributed by atoms with Crippen LogP contribution in [0.4, 0.5) is 5.69 Å². The first kappa shape index (κ1) is 16.2. The molecule has 0 saturated carbocycles. The van der Waals surface area contributed by atoms with Gasteiger partial charge < -0.3 is 5.32 Å². The molecule has 0 unspecified atom stereocenters. The molecule has 1 N–H and O–H groups in total. The fourth-order valence-corrected chi connectivity index (χ4v) is 2.82. The number of benzene rings is 1. The molecule has 0 spiro atoms. The van der Waals surface area contributed by atoms with E-state index in [1.54, 1.807) is 18.5 Å². The molecule has 0 radical (unpaired) electrons. The molecule has 1 aromatic heterocycles. The highest BCUT2D eigenvalue weighted by Crippen LogP contribution is 2.25. The van der Waals surface area contributed by atoms with Gasteiger partial charge in [0.2, 0.25) is 0 Å². The number of carbonyl (C=O) groups is 1. The first-order chi connectivity index (χ1) is 10.1. The maximum absolute atomic E-state index is 12.2. The summed E-state index contributed by atoms with van der Waals surface area (Å²) in [7, 11) is 0. The van der Waals surface area contributed by atoms with Gasteiger partial charge in [0.15, 0.2) is 0 Å². The van der Waals surface area contributed by atoms with Gasteiger partial charge >= 0.3 is 0 Å². The Balaban J connectivity index is 2.10. The molecular weight excluding hydrogens is 396 g/mol. The standard InChI is InChI=1S/C16H16Br2N2O/c1-2-3-4-11-5-6-15(14(18)7-11)20-16(21)12-8-13(17)10-19-9-12/h5-10H,2-4H2,1H3,(H,20,21). The minimum atomic E-state index is -0.175. The molecule has 0 saturated heterocycles. The predicted octanol–water partition coefficient (Wildman–Crippen LogP) is 5.20. The Morgan fingerprint density at radius 1 is 1.24 bits per heavy atom. The van der Waals surface area contributed by atoms with Crippen LogP contribution < -0.4 is 5.32 Å². The number of halogens is 2. The molecule has 1 aromatic carbocycles. The number of nitrogens with zero attached hydrogens (tertiary/aromatic N) is 1. The van der Waals surface area contributed by atoms with Crippen LogP contribution in [0.5, 0.6) is 0 Å². The van der Waals surface area contributed by atoms with Gasteiger partial charge in [0.25, 0.3) is 5.91 Å². The highest BCUT2D eigenvalue weighted by atomic mass is 79.9. The number of rotatable bonds is 5. The summed E-state index contributed by atoms with van der Waals surface area (Å²) in [5.74, 6) is -0.175. The van der Waals surface area contributed by atoms with Crippen molar-refractivity contribution in [1.29, 1.82) is 0 Å². The third-order valence-electron chi connectivity index (χ3n) is 3.07. The van der Waals surface area contributed by atoms with Crippen molar-refractivity contribution in [3.05, 3.63) is 56.7 Å². The largest absolute Gasteiger partial charge is 0.321 e. The number of hydrogen-bond acceptors (Lipinski definition) is 2. The molecule has 2 rings (SSSR count). The Kier molecular flexibility index (Phi) is 5.94. The number of aryl methyl sites for hydroxylation is 1. The first-order valence-corrected chi connectivity index (χ1v) is 8.39. The Bertz CT molecular complexity index is 644. The SMILES string of the molecule is CCCCc1ccc(NC(=O)c2cncc(Br)c2)c(Br)c1. The van der Waals surface area contributed by atoms with Crippen LogP contribution in [0.15, 0.2) is 45.6 Å². The summed E-state index contributed by atoms with van der Waals surface area (Å²) in [5, 5.41) is 2.89. The molecule has 1 heterocycles. The lowest BCUT2D eigenvalue weighted by atomic mass is 10.1. The number of nitrogens with one attached hydrogen (secondary N) is 1. The fourth-order valence-electron chi connectivity index (χ4n) is 1.93. The van der Waals surface area contributed by atoms with Crippen molar-refractivity contribution in [2.45, 2.75) is 26.2 Å². The number of carbonyl (C=O) groups excluding carboxylic acids is 1. The molecule has 0 aliphatic heterocycles.